The smallest absolute Gasteiger partial charge is 0.255 e. The molecule has 9 heteroatoms. The highest BCUT2D eigenvalue weighted by Crippen LogP contribution is 2.52. The van der Waals surface area contributed by atoms with Crippen LogP contribution in [0.1, 0.15) is 44.7 Å². The van der Waals surface area contributed by atoms with E-state index in [0.29, 0.717) is 24.3 Å². The first kappa shape index (κ1) is 26.4. The van der Waals surface area contributed by atoms with Crippen LogP contribution in [0.15, 0.2) is 35.1 Å². The number of benzene rings is 1. The van der Waals surface area contributed by atoms with Crippen LogP contribution in [0.5, 0.6) is 5.75 Å². The molecule has 3 aliphatic rings. The summed E-state index contributed by atoms with van der Waals surface area (Å²) in [6, 6.07) is 4.32. The summed E-state index contributed by atoms with van der Waals surface area (Å²) in [6.45, 7) is 2.47. The summed E-state index contributed by atoms with van der Waals surface area (Å²) >= 11 is 0. The SMILES string of the molecule is C.CCCCOc1cccc2c1C(O)=C1C(=O)[C@]3(O)C(O)=C(C(N)=O)C(=O)[C@@H](N(C)C)[C@@H]3C[C@@H]1C2. The second kappa shape index (κ2) is 9.47. The maximum atomic E-state index is 13.8. The molecule has 3 aliphatic carbocycles. The predicted octanol–water partition coefficient (Wildman–Crippen LogP) is 2.07. The third kappa shape index (κ3) is 3.83. The highest BCUT2D eigenvalue weighted by Gasteiger charge is 2.64. The Balaban J connectivity index is 0.00000342. The molecule has 0 aromatic heterocycles. The Kier molecular flexibility index (Phi) is 7.15. The van der Waals surface area contributed by atoms with Gasteiger partial charge in [0.15, 0.2) is 11.4 Å². The number of hydrogen-bond donors (Lipinski definition) is 4. The van der Waals surface area contributed by atoms with Crippen molar-refractivity contribution in [3.05, 3.63) is 46.2 Å². The lowest BCUT2D eigenvalue weighted by molar-refractivity contribution is -0.153. The molecule has 35 heavy (non-hydrogen) atoms. The highest BCUT2D eigenvalue weighted by molar-refractivity contribution is 6.24. The number of aliphatic hydroxyl groups is 3. The number of rotatable bonds is 6. The van der Waals surface area contributed by atoms with Crippen LogP contribution in [0.2, 0.25) is 0 Å². The van der Waals surface area contributed by atoms with Gasteiger partial charge < -0.3 is 25.8 Å². The fourth-order valence-electron chi connectivity index (χ4n) is 5.61. The second-order valence-corrected chi connectivity index (χ2v) is 9.45. The number of nitrogens with zero attached hydrogens (tertiary/aromatic N) is 1. The maximum absolute atomic E-state index is 13.8. The van der Waals surface area contributed by atoms with E-state index in [4.69, 9.17) is 10.5 Å². The molecule has 0 bridgehead atoms. The van der Waals surface area contributed by atoms with E-state index in [1.807, 2.05) is 19.1 Å². The molecule has 0 spiro atoms. The zero-order valence-corrected chi connectivity index (χ0v) is 19.5. The third-order valence-electron chi connectivity index (χ3n) is 7.20. The molecule has 1 saturated carbocycles. The number of aliphatic hydroxyl groups excluding tert-OH is 2. The van der Waals surface area contributed by atoms with Crippen LogP contribution < -0.4 is 10.5 Å². The van der Waals surface area contributed by atoms with Crippen molar-refractivity contribution in [1.29, 1.82) is 0 Å². The van der Waals surface area contributed by atoms with Gasteiger partial charge in [-0.1, -0.05) is 32.9 Å². The van der Waals surface area contributed by atoms with Crippen molar-refractivity contribution in [1.82, 2.24) is 4.90 Å². The van der Waals surface area contributed by atoms with Gasteiger partial charge in [0.05, 0.1) is 18.2 Å². The summed E-state index contributed by atoms with van der Waals surface area (Å²) in [5.74, 6) is -5.36. The summed E-state index contributed by atoms with van der Waals surface area (Å²) in [4.78, 5) is 40.3. The van der Waals surface area contributed by atoms with E-state index < -0.39 is 52.3 Å². The van der Waals surface area contributed by atoms with Gasteiger partial charge in [-0.25, -0.2) is 0 Å². The van der Waals surface area contributed by atoms with E-state index >= 15 is 0 Å². The molecule has 190 valence electrons. The molecular formula is C26H34N2O7. The molecule has 0 saturated heterocycles. The predicted molar refractivity (Wildman–Crippen MR) is 130 cm³/mol. The molecule has 0 aliphatic heterocycles. The van der Waals surface area contributed by atoms with E-state index in [1.165, 1.54) is 4.90 Å². The first-order valence-corrected chi connectivity index (χ1v) is 11.4. The lowest BCUT2D eigenvalue weighted by Gasteiger charge is -2.50. The van der Waals surface area contributed by atoms with E-state index in [9.17, 15) is 29.7 Å². The number of fused-ring (bicyclic) bond motifs is 3. The van der Waals surface area contributed by atoms with Crippen LogP contribution >= 0.6 is 0 Å². The van der Waals surface area contributed by atoms with Crippen LogP contribution in [0, 0.1) is 11.8 Å². The normalized spacial score (nSPS) is 27.7. The largest absolute Gasteiger partial charge is 0.508 e. The van der Waals surface area contributed by atoms with Crippen LogP contribution in [0.4, 0.5) is 0 Å². The Morgan fingerprint density at radius 2 is 1.94 bits per heavy atom. The Labute approximate surface area is 204 Å². The van der Waals surface area contributed by atoms with E-state index in [-0.39, 0.29) is 25.2 Å². The van der Waals surface area contributed by atoms with Gasteiger partial charge in [-0.15, -0.1) is 0 Å². The van der Waals surface area contributed by atoms with Crippen molar-refractivity contribution in [3.8, 4) is 5.75 Å². The van der Waals surface area contributed by atoms with Crippen molar-refractivity contribution in [2.75, 3.05) is 20.7 Å². The quantitative estimate of drug-likeness (QED) is 0.352. The van der Waals surface area contributed by atoms with Gasteiger partial charge in [0.1, 0.15) is 22.8 Å². The fourth-order valence-corrected chi connectivity index (χ4v) is 5.61. The first-order valence-electron chi connectivity index (χ1n) is 11.4. The Morgan fingerprint density at radius 3 is 2.54 bits per heavy atom. The van der Waals surface area contributed by atoms with Crippen molar-refractivity contribution >= 4 is 23.2 Å². The maximum Gasteiger partial charge on any atom is 0.255 e. The number of carbonyl (C=O) groups excluding carboxylic acids is 3. The molecule has 1 aromatic rings. The summed E-state index contributed by atoms with van der Waals surface area (Å²) in [5.41, 5.74) is 3.12. The first-order chi connectivity index (χ1) is 16.0. The van der Waals surface area contributed by atoms with E-state index in [0.717, 1.165) is 18.4 Å². The Hall–Kier alpha value is -3.17. The number of carbonyl (C=O) groups is 3. The second-order valence-electron chi connectivity index (χ2n) is 9.45. The average Bonchev–Trinajstić information content (AvgIpc) is 2.76. The average molecular weight is 487 g/mol. The number of Topliss-reactive ketones (excluding diaryl/α,β-unsaturated/α-hetero) is 2. The monoisotopic (exact) mass is 486 g/mol. The Bertz CT molecular complexity index is 1140. The van der Waals surface area contributed by atoms with Gasteiger partial charge in [-0.05, 0) is 50.9 Å². The van der Waals surface area contributed by atoms with Crippen molar-refractivity contribution in [3.63, 3.8) is 0 Å². The number of nitrogens with two attached hydrogens (primary N) is 1. The van der Waals surface area contributed by atoms with Crippen LogP contribution in [0.3, 0.4) is 0 Å². The van der Waals surface area contributed by atoms with Gasteiger partial charge in [0, 0.05) is 11.5 Å². The number of ether oxygens (including phenoxy) is 1. The van der Waals surface area contributed by atoms with Crippen LogP contribution in [-0.4, -0.2) is 70.0 Å². The molecular weight excluding hydrogens is 452 g/mol. The van der Waals surface area contributed by atoms with Gasteiger partial charge in [-0.2, -0.15) is 0 Å². The number of amides is 1. The van der Waals surface area contributed by atoms with Crippen LogP contribution in [0.25, 0.3) is 5.76 Å². The van der Waals surface area contributed by atoms with Crippen molar-refractivity contribution in [2.24, 2.45) is 17.6 Å². The van der Waals surface area contributed by atoms with Crippen molar-refractivity contribution in [2.45, 2.75) is 51.7 Å². The molecule has 1 amide bonds. The summed E-state index contributed by atoms with van der Waals surface area (Å²) in [5, 5.41) is 33.7. The van der Waals surface area contributed by atoms with Gasteiger partial charge in [0.2, 0.25) is 5.78 Å². The minimum atomic E-state index is -2.57. The molecule has 0 heterocycles. The zero-order valence-electron chi connectivity index (χ0n) is 19.5. The van der Waals surface area contributed by atoms with Gasteiger partial charge in [0.25, 0.3) is 5.91 Å². The molecule has 1 aromatic carbocycles. The lowest BCUT2D eigenvalue weighted by atomic mass is 9.57. The zero-order chi connectivity index (χ0) is 24.9. The summed E-state index contributed by atoms with van der Waals surface area (Å²) < 4.78 is 5.86. The minimum Gasteiger partial charge on any atom is -0.508 e. The topological polar surface area (TPSA) is 150 Å². The molecule has 4 atom stereocenters. The summed E-state index contributed by atoms with van der Waals surface area (Å²) in [7, 11) is 3.18. The van der Waals surface area contributed by atoms with Crippen molar-refractivity contribution < 1.29 is 34.4 Å². The standard InChI is InChI=1S/C25H30N2O7.CH4/c1-4-5-9-34-15-8-6-7-12-10-13-11-14-19(27(2)3)21(29)18(24(26)32)23(31)25(14,33)22(30)17(13)20(28)16(12)15;/h6-8,13-14,19,28,31,33H,4-5,9-11H2,1-3H3,(H2,26,32);1H4/t13-,14-,19-,25-;/m0./s1. The fraction of sp³-hybridized carbons (Fsp3) is 0.500. The molecule has 1 fully saturated rings. The molecule has 0 unspecified atom stereocenters. The minimum absolute atomic E-state index is 0. The number of primary amides is 1. The van der Waals surface area contributed by atoms with Crippen LogP contribution in [-0.2, 0) is 20.8 Å². The highest BCUT2D eigenvalue weighted by atomic mass is 16.5. The van der Waals surface area contributed by atoms with Gasteiger partial charge >= 0.3 is 0 Å². The van der Waals surface area contributed by atoms with E-state index in [1.54, 1.807) is 20.2 Å². The molecule has 0 radical (unpaired) electrons. The van der Waals surface area contributed by atoms with Gasteiger partial charge in [-0.3, -0.25) is 19.3 Å². The molecule has 4 rings (SSSR count). The number of ketones is 2. The number of hydrogen-bond acceptors (Lipinski definition) is 8. The Morgan fingerprint density at radius 1 is 1.26 bits per heavy atom. The summed E-state index contributed by atoms with van der Waals surface area (Å²) in [6.07, 6.45) is 2.27. The molecule has 5 N–H and O–H groups in total. The lowest BCUT2D eigenvalue weighted by Crippen LogP contribution is -2.65. The molecule has 9 nitrogen and oxygen atoms in total. The third-order valence-corrected chi connectivity index (χ3v) is 7.20. The van der Waals surface area contributed by atoms with E-state index in [2.05, 4.69) is 0 Å². The number of unbranched alkanes of at least 4 members (excludes halogenated alkanes) is 1. The number of likely N-dealkylation sites (N-methyl/N-ethyl adjacent to an activating group) is 1.